The van der Waals surface area contributed by atoms with Gasteiger partial charge in [-0.25, -0.2) is 4.68 Å². The Morgan fingerprint density at radius 2 is 1.84 bits per heavy atom. The van der Waals surface area contributed by atoms with Crippen molar-refractivity contribution in [2.24, 2.45) is 7.05 Å². The predicted octanol–water partition coefficient (Wildman–Crippen LogP) is 3.57. The lowest BCUT2D eigenvalue weighted by molar-refractivity contribution is 0.721. The maximum absolute atomic E-state index is 4.56. The van der Waals surface area contributed by atoms with Gasteiger partial charge in [-0.05, 0) is 30.3 Å². The maximum atomic E-state index is 4.56. The summed E-state index contributed by atoms with van der Waals surface area (Å²) in [6.07, 6.45) is 7.25. The van der Waals surface area contributed by atoms with Gasteiger partial charge in [-0.2, -0.15) is 0 Å². The molecule has 5 rings (SSSR count). The minimum Gasteiger partial charge on any atom is -0.353 e. The van der Waals surface area contributed by atoms with Crippen LogP contribution in [0.1, 0.15) is 0 Å². The average molecular weight is 326 g/mol. The fourth-order valence-electron chi connectivity index (χ4n) is 3.18. The summed E-state index contributed by atoms with van der Waals surface area (Å²) in [5.74, 6) is 0. The minimum atomic E-state index is 0.911. The molecule has 0 spiro atoms. The van der Waals surface area contributed by atoms with E-state index in [-0.39, 0.29) is 0 Å². The number of fused-ring (bicyclic) bond motifs is 3. The number of aryl methyl sites for hydroxylation is 1. The molecule has 1 aromatic carbocycles. The topological polar surface area (TPSA) is 72.3 Å². The van der Waals surface area contributed by atoms with Gasteiger partial charge in [-0.15, -0.1) is 5.10 Å². The molecule has 25 heavy (non-hydrogen) atoms. The Bertz CT molecular complexity index is 1200. The lowest BCUT2D eigenvalue weighted by atomic mass is 10.1. The molecule has 0 aliphatic carbocycles. The number of aromatic amines is 1. The zero-order valence-corrected chi connectivity index (χ0v) is 13.5. The van der Waals surface area contributed by atoms with Crippen molar-refractivity contribution in [3.8, 4) is 22.5 Å². The van der Waals surface area contributed by atoms with Crippen molar-refractivity contribution in [1.29, 1.82) is 0 Å². The van der Waals surface area contributed by atoms with E-state index in [2.05, 4.69) is 49.5 Å². The Balaban J connectivity index is 1.75. The van der Waals surface area contributed by atoms with Crippen LogP contribution in [0.15, 0.2) is 61.2 Å². The monoisotopic (exact) mass is 326 g/mol. The SMILES string of the molecule is Cn1nncc1-c1ccc2[nH]c3cnc(-c4cccnc4)cc3c2c1. The second kappa shape index (κ2) is 5.24. The first kappa shape index (κ1) is 13.9. The summed E-state index contributed by atoms with van der Waals surface area (Å²) in [6.45, 7) is 0. The van der Waals surface area contributed by atoms with Crippen molar-refractivity contribution >= 4 is 21.8 Å². The van der Waals surface area contributed by atoms with Crippen LogP contribution in [0.4, 0.5) is 0 Å². The Hall–Kier alpha value is -3.54. The van der Waals surface area contributed by atoms with Crippen molar-refractivity contribution in [3.63, 3.8) is 0 Å². The molecular formula is C19H14N6. The molecule has 5 aromatic rings. The van der Waals surface area contributed by atoms with Crippen LogP contribution < -0.4 is 0 Å². The second-order valence-electron chi connectivity index (χ2n) is 5.99. The first-order valence-electron chi connectivity index (χ1n) is 7.96. The fraction of sp³-hybridized carbons (Fsp3) is 0.0526. The van der Waals surface area contributed by atoms with E-state index in [0.717, 1.165) is 44.3 Å². The van der Waals surface area contributed by atoms with Crippen LogP contribution in [-0.2, 0) is 7.05 Å². The van der Waals surface area contributed by atoms with E-state index in [0.29, 0.717) is 0 Å². The molecule has 0 bridgehead atoms. The van der Waals surface area contributed by atoms with Gasteiger partial charge < -0.3 is 4.98 Å². The molecule has 0 amide bonds. The molecule has 120 valence electrons. The summed E-state index contributed by atoms with van der Waals surface area (Å²) in [6, 6.07) is 12.4. The standard InChI is InChI=1S/C19H14N6/c1-25-19(11-22-24-25)12-4-5-16-14(7-12)15-8-17(21-10-18(15)23-16)13-3-2-6-20-9-13/h2-11,23H,1H3. The highest BCUT2D eigenvalue weighted by molar-refractivity contribution is 6.09. The molecule has 0 radical (unpaired) electrons. The zero-order valence-electron chi connectivity index (χ0n) is 13.5. The average Bonchev–Trinajstić information content (AvgIpc) is 3.24. The van der Waals surface area contributed by atoms with Gasteiger partial charge in [0.15, 0.2) is 0 Å². The van der Waals surface area contributed by atoms with Crippen LogP contribution in [0.5, 0.6) is 0 Å². The normalized spacial score (nSPS) is 11.4. The van der Waals surface area contributed by atoms with Crippen LogP contribution in [-0.4, -0.2) is 29.9 Å². The third-order valence-corrected chi connectivity index (χ3v) is 4.45. The van der Waals surface area contributed by atoms with E-state index < -0.39 is 0 Å². The fourth-order valence-corrected chi connectivity index (χ4v) is 3.18. The minimum absolute atomic E-state index is 0.911. The molecule has 4 aromatic heterocycles. The highest BCUT2D eigenvalue weighted by atomic mass is 15.4. The molecule has 6 heteroatoms. The molecule has 0 saturated heterocycles. The molecule has 0 aliphatic heterocycles. The van der Waals surface area contributed by atoms with Gasteiger partial charge in [0.2, 0.25) is 0 Å². The smallest absolute Gasteiger partial charge is 0.0882 e. The third kappa shape index (κ3) is 2.19. The number of rotatable bonds is 2. The molecule has 0 fully saturated rings. The number of aromatic nitrogens is 6. The highest BCUT2D eigenvalue weighted by Crippen LogP contribution is 2.31. The van der Waals surface area contributed by atoms with Gasteiger partial charge in [0.1, 0.15) is 0 Å². The zero-order chi connectivity index (χ0) is 16.8. The van der Waals surface area contributed by atoms with Gasteiger partial charge in [0.25, 0.3) is 0 Å². The van der Waals surface area contributed by atoms with Crippen LogP contribution in [0.3, 0.4) is 0 Å². The van der Waals surface area contributed by atoms with Gasteiger partial charge in [-0.1, -0.05) is 11.3 Å². The van der Waals surface area contributed by atoms with Crippen LogP contribution in [0, 0.1) is 0 Å². The summed E-state index contributed by atoms with van der Waals surface area (Å²) < 4.78 is 1.78. The number of nitrogens with zero attached hydrogens (tertiary/aromatic N) is 5. The Morgan fingerprint density at radius 1 is 0.920 bits per heavy atom. The van der Waals surface area contributed by atoms with E-state index in [9.17, 15) is 0 Å². The predicted molar refractivity (Wildman–Crippen MR) is 96.8 cm³/mol. The lowest BCUT2D eigenvalue weighted by Crippen LogP contribution is -1.93. The van der Waals surface area contributed by atoms with E-state index >= 15 is 0 Å². The quantitative estimate of drug-likeness (QED) is 0.538. The molecule has 0 unspecified atom stereocenters. The number of nitrogens with one attached hydrogen (secondary N) is 1. The maximum Gasteiger partial charge on any atom is 0.0882 e. The Kier molecular flexibility index (Phi) is 2.90. The molecule has 0 atom stereocenters. The van der Waals surface area contributed by atoms with Crippen molar-refractivity contribution in [1.82, 2.24) is 29.9 Å². The molecule has 4 heterocycles. The summed E-state index contributed by atoms with van der Waals surface area (Å²) in [7, 11) is 1.90. The summed E-state index contributed by atoms with van der Waals surface area (Å²) in [4.78, 5) is 12.2. The Morgan fingerprint density at radius 3 is 2.64 bits per heavy atom. The molecule has 0 saturated carbocycles. The summed E-state index contributed by atoms with van der Waals surface area (Å²) >= 11 is 0. The molecule has 0 aliphatic rings. The van der Waals surface area contributed by atoms with Crippen LogP contribution in [0.2, 0.25) is 0 Å². The summed E-state index contributed by atoms with van der Waals surface area (Å²) in [5.41, 5.74) is 6.08. The van der Waals surface area contributed by atoms with Crippen LogP contribution in [0.25, 0.3) is 44.3 Å². The van der Waals surface area contributed by atoms with Crippen molar-refractivity contribution in [2.45, 2.75) is 0 Å². The number of pyridine rings is 2. The summed E-state index contributed by atoms with van der Waals surface area (Å²) in [5, 5.41) is 10.3. The molecule has 6 nitrogen and oxygen atoms in total. The largest absolute Gasteiger partial charge is 0.353 e. The van der Waals surface area contributed by atoms with Crippen molar-refractivity contribution in [3.05, 3.63) is 61.2 Å². The number of hydrogen-bond donors (Lipinski definition) is 1. The number of benzene rings is 1. The van der Waals surface area contributed by atoms with Gasteiger partial charge in [0.05, 0.1) is 29.3 Å². The van der Waals surface area contributed by atoms with Crippen LogP contribution >= 0.6 is 0 Å². The third-order valence-electron chi connectivity index (χ3n) is 4.45. The van der Waals surface area contributed by atoms with Crippen molar-refractivity contribution in [2.75, 3.05) is 0 Å². The molecular weight excluding hydrogens is 312 g/mol. The van der Waals surface area contributed by atoms with Gasteiger partial charge in [0, 0.05) is 46.9 Å². The highest BCUT2D eigenvalue weighted by Gasteiger charge is 2.10. The van der Waals surface area contributed by atoms with E-state index in [1.165, 1.54) is 0 Å². The number of H-pyrrole nitrogens is 1. The Labute approximate surface area is 143 Å². The van der Waals surface area contributed by atoms with E-state index in [4.69, 9.17) is 0 Å². The molecule has 1 N–H and O–H groups in total. The first-order chi connectivity index (χ1) is 12.3. The van der Waals surface area contributed by atoms with Crippen molar-refractivity contribution < 1.29 is 0 Å². The second-order valence-corrected chi connectivity index (χ2v) is 5.99. The van der Waals surface area contributed by atoms with E-state index in [1.54, 1.807) is 17.1 Å². The van der Waals surface area contributed by atoms with Gasteiger partial charge in [-0.3, -0.25) is 9.97 Å². The first-order valence-corrected chi connectivity index (χ1v) is 7.96. The van der Waals surface area contributed by atoms with Gasteiger partial charge >= 0.3 is 0 Å². The van der Waals surface area contributed by atoms with E-state index in [1.807, 2.05) is 31.6 Å². The lowest BCUT2D eigenvalue weighted by Gasteiger charge is -2.02. The number of hydrogen-bond acceptors (Lipinski definition) is 4.